The molecule has 1 aromatic rings. The third-order valence-corrected chi connectivity index (χ3v) is 4.36. The molecule has 0 aliphatic heterocycles. The number of hydrogen-bond acceptors (Lipinski definition) is 2. The second-order valence-corrected chi connectivity index (χ2v) is 5.00. The molecular formula is C13H17NO. The number of benzene rings is 1. The molecule has 0 saturated heterocycles. The predicted molar refractivity (Wildman–Crippen MR) is 59.4 cm³/mol. The summed E-state index contributed by atoms with van der Waals surface area (Å²) in [6.07, 6.45) is 4.46. The van der Waals surface area contributed by atoms with E-state index in [-0.39, 0.29) is 5.41 Å². The van der Waals surface area contributed by atoms with Gasteiger partial charge in [0.2, 0.25) is 0 Å². The Balaban J connectivity index is 2.16. The Hall–Kier alpha value is -0.860. The summed E-state index contributed by atoms with van der Waals surface area (Å²) in [6, 6.07) is 8.20. The Morgan fingerprint density at radius 1 is 1.20 bits per heavy atom. The van der Waals surface area contributed by atoms with Crippen molar-refractivity contribution in [2.75, 3.05) is 6.54 Å². The van der Waals surface area contributed by atoms with Gasteiger partial charge in [0.25, 0.3) is 0 Å². The maximum Gasteiger partial charge on any atom is 0.108 e. The van der Waals surface area contributed by atoms with Crippen molar-refractivity contribution in [2.45, 2.75) is 31.3 Å². The summed E-state index contributed by atoms with van der Waals surface area (Å²) in [5, 5.41) is 10.8. The largest absolute Gasteiger partial charge is 0.383 e. The maximum atomic E-state index is 10.8. The van der Waals surface area contributed by atoms with Crippen LogP contribution >= 0.6 is 0 Å². The molecule has 0 radical (unpaired) electrons. The predicted octanol–water partition coefficient (Wildman–Crippen LogP) is 1.56. The zero-order chi connectivity index (χ0) is 10.5. The molecule has 0 heterocycles. The molecule has 1 spiro atoms. The molecule has 15 heavy (non-hydrogen) atoms. The summed E-state index contributed by atoms with van der Waals surface area (Å²) in [6.45, 7) is 0.351. The number of rotatable bonds is 1. The third-order valence-electron chi connectivity index (χ3n) is 4.36. The molecule has 1 unspecified atom stereocenters. The average molecular weight is 203 g/mol. The van der Waals surface area contributed by atoms with Gasteiger partial charge in [0, 0.05) is 12.0 Å². The first-order chi connectivity index (χ1) is 7.22. The van der Waals surface area contributed by atoms with E-state index in [1.165, 1.54) is 5.56 Å². The topological polar surface area (TPSA) is 46.2 Å². The Morgan fingerprint density at radius 3 is 2.60 bits per heavy atom. The highest BCUT2D eigenvalue weighted by atomic mass is 16.3. The quantitative estimate of drug-likeness (QED) is 0.727. The van der Waals surface area contributed by atoms with Gasteiger partial charge >= 0.3 is 0 Å². The number of fused-ring (bicyclic) bond motifs is 1. The van der Waals surface area contributed by atoms with E-state index in [0.29, 0.717) is 6.54 Å². The van der Waals surface area contributed by atoms with Crippen LogP contribution in [0.2, 0.25) is 0 Å². The minimum atomic E-state index is -0.762. The monoisotopic (exact) mass is 203 g/mol. The fourth-order valence-corrected chi connectivity index (χ4v) is 3.15. The van der Waals surface area contributed by atoms with E-state index in [2.05, 4.69) is 6.07 Å². The van der Waals surface area contributed by atoms with Crippen molar-refractivity contribution in [3.8, 4) is 0 Å². The highest BCUT2D eigenvalue weighted by Crippen LogP contribution is 2.63. The molecule has 0 amide bonds. The lowest BCUT2D eigenvalue weighted by atomic mass is 9.69. The molecule has 1 fully saturated rings. The van der Waals surface area contributed by atoms with E-state index < -0.39 is 5.60 Å². The third kappa shape index (κ3) is 1.06. The highest BCUT2D eigenvalue weighted by Gasteiger charge is 2.60. The SMILES string of the molecule is NCC1(O)c2ccccc2CCC12CC2. The molecule has 80 valence electrons. The molecule has 0 bridgehead atoms. The molecule has 0 aromatic heterocycles. The summed E-state index contributed by atoms with van der Waals surface area (Å²) < 4.78 is 0. The van der Waals surface area contributed by atoms with Gasteiger partial charge in [0.05, 0.1) is 0 Å². The van der Waals surface area contributed by atoms with Gasteiger partial charge in [-0.1, -0.05) is 24.3 Å². The van der Waals surface area contributed by atoms with E-state index in [1.54, 1.807) is 0 Å². The maximum absolute atomic E-state index is 10.8. The van der Waals surface area contributed by atoms with Crippen molar-refractivity contribution in [3.05, 3.63) is 35.4 Å². The normalized spacial score (nSPS) is 31.3. The second kappa shape index (κ2) is 2.83. The molecule has 2 aliphatic rings. The Labute approximate surface area is 90.1 Å². The minimum absolute atomic E-state index is 0.107. The Morgan fingerprint density at radius 2 is 1.93 bits per heavy atom. The van der Waals surface area contributed by atoms with Crippen molar-refractivity contribution >= 4 is 0 Å². The van der Waals surface area contributed by atoms with Gasteiger partial charge in [0.15, 0.2) is 0 Å². The van der Waals surface area contributed by atoms with Crippen molar-refractivity contribution in [1.29, 1.82) is 0 Å². The van der Waals surface area contributed by atoms with Crippen molar-refractivity contribution in [1.82, 2.24) is 0 Å². The number of hydrogen-bond donors (Lipinski definition) is 2. The number of aliphatic hydroxyl groups is 1. The van der Waals surface area contributed by atoms with Gasteiger partial charge in [-0.2, -0.15) is 0 Å². The van der Waals surface area contributed by atoms with E-state index in [1.807, 2.05) is 18.2 Å². The van der Waals surface area contributed by atoms with Gasteiger partial charge in [-0.3, -0.25) is 0 Å². The highest BCUT2D eigenvalue weighted by molar-refractivity contribution is 5.39. The molecule has 3 rings (SSSR count). The first-order valence-corrected chi connectivity index (χ1v) is 5.73. The van der Waals surface area contributed by atoms with Gasteiger partial charge in [-0.15, -0.1) is 0 Å². The van der Waals surface area contributed by atoms with Crippen LogP contribution in [-0.2, 0) is 12.0 Å². The molecule has 1 aromatic carbocycles. The lowest BCUT2D eigenvalue weighted by Crippen LogP contribution is -2.47. The molecule has 3 N–H and O–H groups in total. The molecule has 2 heteroatoms. The summed E-state index contributed by atoms with van der Waals surface area (Å²) >= 11 is 0. The van der Waals surface area contributed by atoms with Crippen LogP contribution < -0.4 is 5.73 Å². The van der Waals surface area contributed by atoms with Gasteiger partial charge < -0.3 is 10.8 Å². The van der Waals surface area contributed by atoms with Crippen LogP contribution in [0.25, 0.3) is 0 Å². The minimum Gasteiger partial charge on any atom is -0.383 e. The Bertz CT molecular complexity index is 397. The Kier molecular flexibility index (Phi) is 1.77. The summed E-state index contributed by atoms with van der Waals surface area (Å²) in [5.41, 5.74) is 7.52. The fourth-order valence-electron chi connectivity index (χ4n) is 3.15. The summed E-state index contributed by atoms with van der Waals surface area (Å²) in [5.74, 6) is 0. The average Bonchev–Trinajstić information content (AvgIpc) is 3.06. The van der Waals surface area contributed by atoms with Gasteiger partial charge in [-0.25, -0.2) is 0 Å². The standard InChI is InChI=1S/C13H17NO/c14-9-13(15)11-4-2-1-3-10(11)5-6-12(13)7-8-12/h1-4,15H,5-9,14H2. The molecule has 1 atom stereocenters. The van der Waals surface area contributed by atoms with Crippen LogP contribution in [0, 0.1) is 5.41 Å². The van der Waals surface area contributed by atoms with Crippen LogP contribution in [0.3, 0.4) is 0 Å². The second-order valence-electron chi connectivity index (χ2n) is 5.00. The van der Waals surface area contributed by atoms with Crippen LogP contribution in [0.5, 0.6) is 0 Å². The summed E-state index contributed by atoms with van der Waals surface area (Å²) in [7, 11) is 0. The molecule has 2 aliphatic carbocycles. The van der Waals surface area contributed by atoms with Crippen LogP contribution in [0.1, 0.15) is 30.4 Å². The molecule has 2 nitrogen and oxygen atoms in total. The summed E-state index contributed by atoms with van der Waals surface area (Å²) in [4.78, 5) is 0. The van der Waals surface area contributed by atoms with E-state index in [9.17, 15) is 5.11 Å². The first-order valence-electron chi connectivity index (χ1n) is 5.73. The van der Waals surface area contributed by atoms with Crippen molar-refractivity contribution in [2.24, 2.45) is 11.1 Å². The van der Waals surface area contributed by atoms with Crippen molar-refractivity contribution in [3.63, 3.8) is 0 Å². The van der Waals surface area contributed by atoms with Gasteiger partial charge in [0.1, 0.15) is 5.60 Å². The fraction of sp³-hybridized carbons (Fsp3) is 0.538. The van der Waals surface area contributed by atoms with Crippen molar-refractivity contribution < 1.29 is 5.11 Å². The molecule has 1 saturated carbocycles. The lowest BCUT2D eigenvalue weighted by molar-refractivity contribution is -0.0420. The van der Waals surface area contributed by atoms with E-state index in [4.69, 9.17) is 5.73 Å². The first kappa shape index (κ1) is 9.37. The molecular weight excluding hydrogens is 186 g/mol. The van der Waals surface area contributed by atoms with Gasteiger partial charge in [-0.05, 0) is 36.8 Å². The van der Waals surface area contributed by atoms with Crippen LogP contribution in [0.15, 0.2) is 24.3 Å². The van der Waals surface area contributed by atoms with Crippen LogP contribution in [0.4, 0.5) is 0 Å². The number of nitrogens with two attached hydrogens (primary N) is 1. The smallest absolute Gasteiger partial charge is 0.108 e. The van der Waals surface area contributed by atoms with E-state index >= 15 is 0 Å². The zero-order valence-corrected chi connectivity index (χ0v) is 8.87. The zero-order valence-electron chi connectivity index (χ0n) is 8.87. The van der Waals surface area contributed by atoms with E-state index in [0.717, 1.165) is 31.2 Å². The number of aryl methyl sites for hydroxylation is 1. The lowest BCUT2D eigenvalue weighted by Gasteiger charge is -2.41. The van der Waals surface area contributed by atoms with Crippen LogP contribution in [-0.4, -0.2) is 11.7 Å².